The maximum atomic E-state index is 4.77. The fraction of sp³-hybridized carbons (Fsp3) is 0.292. The molecule has 1 aromatic heterocycles. The molecule has 2 aromatic carbocycles. The molecule has 3 aromatic rings. The molecule has 0 radical (unpaired) electrons. The molecule has 1 unspecified atom stereocenters. The van der Waals surface area contributed by atoms with E-state index in [1.54, 1.807) is 0 Å². The van der Waals surface area contributed by atoms with Gasteiger partial charge in [-0.2, -0.15) is 0 Å². The summed E-state index contributed by atoms with van der Waals surface area (Å²) in [5, 5.41) is 0. The lowest BCUT2D eigenvalue weighted by Gasteiger charge is -2.37. The van der Waals surface area contributed by atoms with E-state index >= 15 is 0 Å². The van der Waals surface area contributed by atoms with Gasteiger partial charge in [-0.3, -0.25) is 4.90 Å². The first-order chi connectivity index (χ1) is 13.3. The molecule has 0 spiro atoms. The molecule has 4 rings (SSSR count). The van der Waals surface area contributed by atoms with Crippen molar-refractivity contribution in [2.24, 2.45) is 0 Å². The van der Waals surface area contributed by atoms with E-state index in [0.29, 0.717) is 6.04 Å². The second-order valence-electron chi connectivity index (χ2n) is 7.28. The van der Waals surface area contributed by atoms with Crippen LogP contribution in [0.15, 0.2) is 79.0 Å². The van der Waals surface area contributed by atoms with Crippen molar-refractivity contribution < 1.29 is 0 Å². The SMILES string of the molecule is CN(c1ccccc1)c1ncccc1C1CCCCN1Cc1ccccc1. The predicted molar refractivity (Wildman–Crippen MR) is 112 cm³/mol. The first-order valence-corrected chi connectivity index (χ1v) is 9.84. The van der Waals surface area contributed by atoms with Gasteiger partial charge in [0.15, 0.2) is 0 Å². The van der Waals surface area contributed by atoms with Crippen LogP contribution >= 0.6 is 0 Å². The van der Waals surface area contributed by atoms with E-state index in [4.69, 9.17) is 4.98 Å². The van der Waals surface area contributed by atoms with Gasteiger partial charge in [0.05, 0.1) is 0 Å². The second kappa shape index (κ2) is 8.36. The van der Waals surface area contributed by atoms with Crippen LogP contribution in [0.5, 0.6) is 0 Å². The Kier molecular flexibility index (Phi) is 5.50. The summed E-state index contributed by atoms with van der Waals surface area (Å²) < 4.78 is 0. The Bertz CT molecular complexity index is 848. The number of likely N-dealkylation sites (tertiary alicyclic amines) is 1. The average Bonchev–Trinajstić information content (AvgIpc) is 2.75. The van der Waals surface area contributed by atoms with Gasteiger partial charge in [-0.25, -0.2) is 4.98 Å². The summed E-state index contributed by atoms with van der Waals surface area (Å²) in [6, 6.07) is 26.1. The van der Waals surface area contributed by atoms with E-state index in [9.17, 15) is 0 Å². The van der Waals surface area contributed by atoms with Crippen molar-refractivity contribution in [2.75, 3.05) is 18.5 Å². The summed E-state index contributed by atoms with van der Waals surface area (Å²) in [5.74, 6) is 1.06. The van der Waals surface area contributed by atoms with Crippen LogP contribution in [0.3, 0.4) is 0 Å². The molecular weight excluding hydrogens is 330 g/mol. The lowest BCUT2D eigenvalue weighted by molar-refractivity contribution is 0.140. The highest BCUT2D eigenvalue weighted by atomic mass is 15.2. The quantitative estimate of drug-likeness (QED) is 0.594. The number of aromatic nitrogens is 1. The number of nitrogens with zero attached hydrogens (tertiary/aromatic N) is 3. The standard InChI is InChI=1S/C24H27N3/c1-26(21-13-6-3-7-14-21)24-22(15-10-17-25-24)23-16-8-9-18-27(23)19-20-11-4-2-5-12-20/h2-7,10-15,17,23H,8-9,16,18-19H2,1H3. The maximum absolute atomic E-state index is 4.77. The van der Waals surface area contributed by atoms with Crippen molar-refractivity contribution in [1.82, 2.24) is 9.88 Å². The molecule has 0 amide bonds. The molecule has 27 heavy (non-hydrogen) atoms. The van der Waals surface area contributed by atoms with Crippen LogP contribution in [-0.4, -0.2) is 23.5 Å². The molecule has 0 bridgehead atoms. The minimum Gasteiger partial charge on any atom is -0.329 e. The third kappa shape index (κ3) is 4.04. The van der Waals surface area contributed by atoms with Gasteiger partial charge in [0.1, 0.15) is 5.82 Å². The first kappa shape index (κ1) is 17.7. The molecule has 1 aliphatic heterocycles. The first-order valence-electron chi connectivity index (χ1n) is 9.84. The highest BCUT2D eigenvalue weighted by Gasteiger charge is 2.27. The third-order valence-corrected chi connectivity index (χ3v) is 5.48. The third-order valence-electron chi connectivity index (χ3n) is 5.48. The summed E-state index contributed by atoms with van der Waals surface area (Å²) in [6.07, 6.45) is 5.64. The number of para-hydroxylation sites is 1. The molecule has 138 valence electrons. The largest absolute Gasteiger partial charge is 0.329 e. The van der Waals surface area contributed by atoms with Crippen molar-refractivity contribution in [3.63, 3.8) is 0 Å². The smallest absolute Gasteiger partial charge is 0.137 e. The minimum atomic E-state index is 0.411. The molecule has 0 aliphatic carbocycles. The van der Waals surface area contributed by atoms with Crippen LogP contribution in [-0.2, 0) is 6.54 Å². The molecule has 1 fully saturated rings. The van der Waals surface area contributed by atoms with Gasteiger partial charge in [0.2, 0.25) is 0 Å². The van der Waals surface area contributed by atoms with Crippen LogP contribution < -0.4 is 4.90 Å². The lowest BCUT2D eigenvalue weighted by atomic mass is 9.94. The fourth-order valence-electron chi connectivity index (χ4n) is 4.07. The molecule has 0 saturated carbocycles. The van der Waals surface area contributed by atoms with Gasteiger partial charge in [0.25, 0.3) is 0 Å². The van der Waals surface area contributed by atoms with Crippen molar-refractivity contribution >= 4 is 11.5 Å². The predicted octanol–water partition coefficient (Wildman–Crippen LogP) is 5.58. The fourth-order valence-corrected chi connectivity index (χ4v) is 4.07. The molecule has 0 N–H and O–H groups in total. The number of rotatable bonds is 5. The summed E-state index contributed by atoms with van der Waals surface area (Å²) in [4.78, 5) is 9.61. The molecular formula is C24H27N3. The Balaban J connectivity index is 1.65. The van der Waals surface area contributed by atoms with Gasteiger partial charge in [-0.15, -0.1) is 0 Å². The van der Waals surface area contributed by atoms with Gasteiger partial charge < -0.3 is 4.90 Å². The number of piperidine rings is 1. The summed E-state index contributed by atoms with van der Waals surface area (Å²) in [7, 11) is 2.12. The zero-order valence-electron chi connectivity index (χ0n) is 16.0. The van der Waals surface area contributed by atoms with Crippen molar-refractivity contribution in [2.45, 2.75) is 31.8 Å². The van der Waals surface area contributed by atoms with Crippen LogP contribution in [0, 0.1) is 0 Å². The van der Waals surface area contributed by atoms with Gasteiger partial charge >= 0.3 is 0 Å². The molecule has 1 saturated heterocycles. The molecule has 3 heteroatoms. The van der Waals surface area contributed by atoms with Crippen molar-refractivity contribution in [3.05, 3.63) is 90.1 Å². The highest BCUT2D eigenvalue weighted by Crippen LogP contribution is 2.37. The summed E-state index contributed by atoms with van der Waals surface area (Å²) >= 11 is 0. The van der Waals surface area contributed by atoms with Crippen molar-refractivity contribution in [1.29, 1.82) is 0 Å². The van der Waals surface area contributed by atoms with Crippen LogP contribution in [0.25, 0.3) is 0 Å². The lowest BCUT2D eigenvalue weighted by Crippen LogP contribution is -2.34. The molecule has 1 atom stereocenters. The van der Waals surface area contributed by atoms with E-state index in [-0.39, 0.29) is 0 Å². The Morgan fingerprint density at radius 2 is 1.67 bits per heavy atom. The minimum absolute atomic E-state index is 0.411. The Labute approximate surface area is 162 Å². The number of anilines is 2. The summed E-state index contributed by atoms with van der Waals surface area (Å²) in [6.45, 7) is 2.14. The number of benzene rings is 2. The van der Waals surface area contributed by atoms with E-state index in [1.807, 2.05) is 6.20 Å². The van der Waals surface area contributed by atoms with E-state index in [2.05, 4.69) is 89.6 Å². The van der Waals surface area contributed by atoms with Gasteiger partial charge in [-0.05, 0) is 43.1 Å². The molecule has 3 nitrogen and oxygen atoms in total. The average molecular weight is 358 g/mol. The van der Waals surface area contributed by atoms with Gasteiger partial charge in [-0.1, -0.05) is 61.0 Å². The number of pyridine rings is 1. The van der Waals surface area contributed by atoms with E-state index in [0.717, 1.165) is 18.9 Å². The Morgan fingerprint density at radius 1 is 0.926 bits per heavy atom. The zero-order chi connectivity index (χ0) is 18.5. The molecule has 2 heterocycles. The monoisotopic (exact) mass is 357 g/mol. The Morgan fingerprint density at radius 3 is 2.44 bits per heavy atom. The second-order valence-corrected chi connectivity index (χ2v) is 7.28. The zero-order valence-corrected chi connectivity index (χ0v) is 16.0. The van der Waals surface area contributed by atoms with Crippen LogP contribution in [0.1, 0.15) is 36.4 Å². The van der Waals surface area contributed by atoms with Gasteiger partial charge in [0, 0.05) is 37.1 Å². The van der Waals surface area contributed by atoms with Crippen LogP contribution in [0.2, 0.25) is 0 Å². The molecule has 1 aliphatic rings. The van der Waals surface area contributed by atoms with Crippen molar-refractivity contribution in [3.8, 4) is 0 Å². The van der Waals surface area contributed by atoms with Crippen LogP contribution in [0.4, 0.5) is 11.5 Å². The van der Waals surface area contributed by atoms with E-state index < -0.39 is 0 Å². The number of hydrogen-bond acceptors (Lipinski definition) is 3. The Hall–Kier alpha value is -2.65. The normalized spacial score (nSPS) is 17.6. The number of hydrogen-bond donors (Lipinski definition) is 0. The maximum Gasteiger partial charge on any atom is 0.137 e. The summed E-state index contributed by atoms with van der Waals surface area (Å²) in [5.41, 5.74) is 3.88. The van der Waals surface area contributed by atoms with E-state index in [1.165, 1.54) is 36.1 Å². The highest BCUT2D eigenvalue weighted by molar-refractivity contribution is 5.62. The topological polar surface area (TPSA) is 19.4 Å².